The summed E-state index contributed by atoms with van der Waals surface area (Å²) in [6.07, 6.45) is -0.407. The van der Waals surface area contributed by atoms with E-state index in [2.05, 4.69) is 5.32 Å². The second kappa shape index (κ2) is 3.89. The Labute approximate surface area is 97.9 Å². The van der Waals surface area contributed by atoms with Crippen molar-refractivity contribution >= 4 is 11.6 Å². The van der Waals surface area contributed by atoms with Crippen molar-refractivity contribution in [2.24, 2.45) is 0 Å². The molecule has 2 N–H and O–H groups in total. The molecule has 0 aliphatic carbocycles. The summed E-state index contributed by atoms with van der Waals surface area (Å²) in [6.45, 7) is 0. The summed E-state index contributed by atoms with van der Waals surface area (Å²) >= 11 is 0. The number of carbonyl (C=O) groups is 1. The molecule has 17 heavy (non-hydrogen) atoms. The van der Waals surface area contributed by atoms with Crippen LogP contribution in [-0.2, 0) is 4.79 Å². The van der Waals surface area contributed by atoms with Crippen molar-refractivity contribution in [2.45, 2.75) is 17.9 Å². The molecule has 0 saturated carbocycles. The average molecular weight is 227 g/mol. The van der Waals surface area contributed by atoms with Gasteiger partial charge in [0.25, 0.3) is 0 Å². The molecule has 5 heteroatoms. The van der Waals surface area contributed by atoms with Crippen LogP contribution in [0, 0.1) is 22.7 Å². The molecular weight excluding hydrogens is 218 g/mol. The van der Waals surface area contributed by atoms with Crippen LogP contribution in [0.5, 0.6) is 0 Å². The number of anilines is 1. The summed E-state index contributed by atoms with van der Waals surface area (Å²) in [4.78, 5) is 11.8. The van der Waals surface area contributed by atoms with Crippen LogP contribution in [0.2, 0.25) is 0 Å². The van der Waals surface area contributed by atoms with Crippen molar-refractivity contribution < 1.29 is 9.90 Å². The second-order valence-corrected chi connectivity index (χ2v) is 3.88. The van der Waals surface area contributed by atoms with E-state index in [0.717, 1.165) is 0 Å². The van der Waals surface area contributed by atoms with E-state index in [1.807, 2.05) is 0 Å². The van der Waals surface area contributed by atoms with Gasteiger partial charge in [-0.1, -0.05) is 18.2 Å². The zero-order chi connectivity index (χ0) is 12.5. The van der Waals surface area contributed by atoms with Crippen LogP contribution in [0.4, 0.5) is 5.69 Å². The van der Waals surface area contributed by atoms with Gasteiger partial charge in [-0.25, -0.2) is 0 Å². The van der Waals surface area contributed by atoms with E-state index < -0.39 is 23.8 Å². The standard InChI is InChI=1S/C12H9N3O2/c13-6-5-12(17,7-14)10-8-3-1-2-4-9(8)15-11(10)16/h1-4,10,17H,5H2,(H,15,16). The normalized spacial score (nSPS) is 20.6. The van der Waals surface area contributed by atoms with Gasteiger partial charge in [0, 0.05) is 5.69 Å². The molecule has 1 heterocycles. The molecule has 1 aromatic carbocycles. The molecule has 5 nitrogen and oxygen atoms in total. The van der Waals surface area contributed by atoms with Crippen molar-refractivity contribution in [2.75, 3.05) is 5.32 Å². The first-order chi connectivity index (χ1) is 8.12. The summed E-state index contributed by atoms with van der Waals surface area (Å²) in [6, 6.07) is 10.2. The van der Waals surface area contributed by atoms with E-state index in [9.17, 15) is 9.90 Å². The number of rotatable bonds is 2. The number of hydrogen-bond acceptors (Lipinski definition) is 4. The van der Waals surface area contributed by atoms with E-state index in [-0.39, 0.29) is 0 Å². The van der Waals surface area contributed by atoms with Crippen LogP contribution < -0.4 is 5.32 Å². The Morgan fingerprint density at radius 2 is 2.12 bits per heavy atom. The molecule has 1 amide bonds. The lowest BCUT2D eigenvalue weighted by molar-refractivity contribution is -0.120. The highest BCUT2D eigenvalue weighted by molar-refractivity contribution is 6.04. The highest BCUT2D eigenvalue weighted by atomic mass is 16.3. The van der Waals surface area contributed by atoms with Crippen molar-refractivity contribution in [3.05, 3.63) is 29.8 Å². The number of nitrogens with one attached hydrogen (secondary N) is 1. The van der Waals surface area contributed by atoms with Crippen LogP contribution in [0.25, 0.3) is 0 Å². The van der Waals surface area contributed by atoms with E-state index >= 15 is 0 Å². The highest BCUT2D eigenvalue weighted by Crippen LogP contribution is 2.40. The third-order valence-electron chi connectivity index (χ3n) is 2.81. The summed E-state index contributed by atoms with van der Waals surface area (Å²) in [5.74, 6) is -1.46. The van der Waals surface area contributed by atoms with Crippen LogP contribution in [0.15, 0.2) is 24.3 Å². The Kier molecular flexibility index (Phi) is 2.55. The van der Waals surface area contributed by atoms with Gasteiger partial charge in [0.05, 0.1) is 18.6 Å². The van der Waals surface area contributed by atoms with E-state index in [0.29, 0.717) is 11.3 Å². The Morgan fingerprint density at radius 3 is 2.76 bits per heavy atom. The molecule has 1 aliphatic heterocycles. The maximum atomic E-state index is 11.8. The van der Waals surface area contributed by atoms with Gasteiger partial charge in [0.2, 0.25) is 5.91 Å². The van der Waals surface area contributed by atoms with Crippen molar-refractivity contribution in [3.63, 3.8) is 0 Å². The SMILES string of the molecule is N#CCC(O)(C#N)C1C(=O)Nc2ccccc21. The lowest BCUT2D eigenvalue weighted by Gasteiger charge is -2.22. The lowest BCUT2D eigenvalue weighted by Crippen LogP contribution is -2.38. The molecule has 2 unspecified atom stereocenters. The summed E-state index contributed by atoms with van der Waals surface area (Å²) in [5, 5.41) is 30.3. The molecule has 1 aliphatic rings. The summed E-state index contributed by atoms with van der Waals surface area (Å²) in [7, 11) is 0. The highest BCUT2D eigenvalue weighted by Gasteiger charge is 2.47. The third kappa shape index (κ3) is 1.63. The fourth-order valence-electron chi connectivity index (χ4n) is 2.01. The quantitative estimate of drug-likeness (QED) is 0.733. The molecule has 2 rings (SSSR count). The number of para-hydroxylation sites is 1. The zero-order valence-electron chi connectivity index (χ0n) is 8.84. The number of hydrogen-bond donors (Lipinski definition) is 2. The maximum absolute atomic E-state index is 11.8. The van der Waals surface area contributed by atoms with Gasteiger partial charge >= 0.3 is 0 Å². The second-order valence-electron chi connectivity index (χ2n) is 3.88. The van der Waals surface area contributed by atoms with E-state index in [1.54, 1.807) is 36.4 Å². The smallest absolute Gasteiger partial charge is 0.236 e. The molecule has 0 aromatic heterocycles. The third-order valence-corrected chi connectivity index (χ3v) is 2.81. The molecule has 2 atom stereocenters. The fraction of sp³-hybridized carbons (Fsp3) is 0.250. The molecule has 0 radical (unpaired) electrons. The molecule has 0 saturated heterocycles. The van der Waals surface area contributed by atoms with Crippen LogP contribution in [0.1, 0.15) is 17.9 Å². The van der Waals surface area contributed by atoms with Crippen molar-refractivity contribution in [1.82, 2.24) is 0 Å². The first kappa shape index (κ1) is 11.1. The van der Waals surface area contributed by atoms with E-state index in [4.69, 9.17) is 10.5 Å². The number of nitrogens with zero attached hydrogens (tertiary/aromatic N) is 2. The molecule has 0 spiro atoms. The number of amides is 1. The van der Waals surface area contributed by atoms with Gasteiger partial charge in [-0.2, -0.15) is 10.5 Å². The maximum Gasteiger partial charge on any atom is 0.236 e. The Bertz CT molecular complexity index is 556. The summed E-state index contributed by atoms with van der Waals surface area (Å²) < 4.78 is 0. The zero-order valence-corrected chi connectivity index (χ0v) is 8.84. The number of nitriles is 2. The molecule has 84 valence electrons. The van der Waals surface area contributed by atoms with Crippen LogP contribution in [0.3, 0.4) is 0 Å². The monoisotopic (exact) mass is 227 g/mol. The minimum absolute atomic E-state index is 0.407. The van der Waals surface area contributed by atoms with Crippen LogP contribution in [-0.4, -0.2) is 16.6 Å². The minimum Gasteiger partial charge on any atom is -0.373 e. The molecule has 1 aromatic rings. The first-order valence-corrected chi connectivity index (χ1v) is 5.03. The number of benzene rings is 1. The van der Waals surface area contributed by atoms with Gasteiger partial charge < -0.3 is 10.4 Å². The predicted octanol–water partition coefficient (Wildman–Crippen LogP) is 0.891. The number of fused-ring (bicyclic) bond motifs is 1. The Hall–Kier alpha value is -2.37. The van der Waals surface area contributed by atoms with Crippen LogP contribution >= 0.6 is 0 Å². The average Bonchev–Trinajstić information content (AvgIpc) is 2.65. The predicted molar refractivity (Wildman–Crippen MR) is 58.6 cm³/mol. The van der Waals surface area contributed by atoms with E-state index in [1.165, 1.54) is 0 Å². The van der Waals surface area contributed by atoms with Gasteiger partial charge in [0.1, 0.15) is 5.92 Å². The van der Waals surface area contributed by atoms with Gasteiger partial charge in [0.15, 0.2) is 5.60 Å². The van der Waals surface area contributed by atoms with Crippen molar-refractivity contribution in [1.29, 1.82) is 10.5 Å². The Balaban J connectivity index is 2.50. The molecular formula is C12H9N3O2. The minimum atomic E-state index is -1.98. The van der Waals surface area contributed by atoms with Gasteiger partial charge in [-0.05, 0) is 11.6 Å². The fourth-order valence-corrected chi connectivity index (χ4v) is 2.01. The largest absolute Gasteiger partial charge is 0.373 e. The lowest BCUT2D eigenvalue weighted by atomic mass is 9.82. The first-order valence-electron chi connectivity index (χ1n) is 5.03. The number of carbonyl (C=O) groups excluding carboxylic acids is 1. The molecule has 0 bridgehead atoms. The topological polar surface area (TPSA) is 96.9 Å². The van der Waals surface area contributed by atoms with Crippen molar-refractivity contribution in [3.8, 4) is 12.1 Å². The van der Waals surface area contributed by atoms with Gasteiger partial charge in [-0.15, -0.1) is 0 Å². The molecule has 0 fully saturated rings. The number of aliphatic hydroxyl groups is 1. The van der Waals surface area contributed by atoms with Gasteiger partial charge in [-0.3, -0.25) is 4.79 Å². The summed E-state index contributed by atoms with van der Waals surface area (Å²) in [5.41, 5.74) is -0.850. The Morgan fingerprint density at radius 1 is 1.41 bits per heavy atom.